The SMILES string of the molecule is Cc1ccccc1NC(=O)C(c1cccc(C)c1C)N(CC#N)C(=O)C(CO)NC(=O)OC(C)(C)C. The van der Waals surface area contributed by atoms with Crippen molar-refractivity contribution in [1.82, 2.24) is 10.2 Å². The molecule has 0 saturated carbocycles. The molecule has 192 valence electrons. The molecule has 0 radical (unpaired) electrons. The Morgan fingerprint density at radius 2 is 1.69 bits per heavy atom. The smallest absolute Gasteiger partial charge is 0.408 e. The first kappa shape index (κ1) is 28.3. The minimum absolute atomic E-state index is 0.454. The second kappa shape index (κ2) is 12.2. The number of aliphatic hydroxyl groups excluding tert-OH is 1. The van der Waals surface area contributed by atoms with Crippen LogP contribution < -0.4 is 10.6 Å². The quantitative estimate of drug-likeness (QED) is 0.481. The van der Waals surface area contributed by atoms with E-state index in [9.17, 15) is 24.8 Å². The summed E-state index contributed by atoms with van der Waals surface area (Å²) in [5.41, 5.74) is 2.76. The summed E-state index contributed by atoms with van der Waals surface area (Å²) in [5.74, 6) is -1.33. The van der Waals surface area contributed by atoms with Crippen LogP contribution in [0.2, 0.25) is 0 Å². The Morgan fingerprint density at radius 3 is 2.28 bits per heavy atom. The zero-order chi connectivity index (χ0) is 27.0. The standard InChI is InChI=1S/C27H34N4O5/c1-17-11-9-12-20(19(17)3)23(24(33)29-21-13-8-7-10-18(21)2)31(15-14-28)25(34)22(16-32)30-26(35)36-27(4,5)6/h7-13,22-23,32H,15-16H2,1-6H3,(H,29,33)(H,30,35). The van der Waals surface area contributed by atoms with Crippen molar-refractivity contribution < 1.29 is 24.2 Å². The Bertz CT molecular complexity index is 1150. The maximum Gasteiger partial charge on any atom is 0.408 e. The van der Waals surface area contributed by atoms with Crippen molar-refractivity contribution >= 4 is 23.6 Å². The third kappa shape index (κ3) is 7.30. The van der Waals surface area contributed by atoms with Crippen LogP contribution in [0.15, 0.2) is 42.5 Å². The predicted octanol–water partition coefficient (Wildman–Crippen LogP) is 3.53. The highest BCUT2D eigenvalue weighted by Crippen LogP contribution is 2.29. The van der Waals surface area contributed by atoms with Crippen LogP contribution in [0.1, 0.15) is 49.1 Å². The molecular weight excluding hydrogens is 460 g/mol. The number of carbonyl (C=O) groups is 3. The lowest BCUT2D eigenvalue weighted by atomic mass is 9.95. The number of hydrogen-bond acceptors (Lipinski definition) is 6. The van der Waals surface area contributed by atoms with E-state index in [1.165, 1.54) is 0 Å². The lowest BCUT2D eigenvalue weighted by molar-refractivity contribution is -0.140. The van der Waals surface area contributed by atoms with Crippen LogP contribution >= 0.6 is 0 Å². The minimum Gasteiger partial charge on any atom is -0.444 e. The highest BCUT2D eigenvalue weighted by atomic mass is 16.6. The molecule has 0 aromatic heterocycles. The van der Waals surface area contributed by atoms with Gasteiger partial charge in [0.05, 0.1) is 12.7 Å². The maximum atomic E-state index is 13.7. The van der Waals surface area contributed by atoms with Gasteiger partial charge in [0.15, 0.2) is 0 Å². The molecule has 0 saturated heterocycles. The number of para-hydroxylation sites is 1. The molecule has 2 unspecified atom stereocenters. The summed E-state index contributed by atoms with van der Waals surface area (Å²) in [6.07, 6.45) is -0.903. The fourth-order valence-electron chi connectivity index (χ4n) is 3.64. The highest BCUT2D eigenvalue weighted by molar-refractivity contribution is 5.99. The molecule has 0 spiro atoms. The summed E-state index contributed by atoms with van der Waals surface area (Å²) in [7, 11) is 0. The first-order valence-electron chi connectivity index (χ1n) is 11.6. The largest absolute Gasteiger partial charge is 0.444 e. The Morgan fingerprint density at radius 1 is 1.06 bits per heavy atom. The number of ether oxygens (including phenoxy) is 1. The number of amides is 3. The van der Waals surface area contributed by atoms with E-state index in [2.05, 4.69) is 10.6 Å². The minimum atomic E-state index is -1.42. The first-order chi connectivity index (χ1) is 16.9. The van der Waals surface area contributed by atoms with Gasteiger partial charge < -0.3 is 25.4 Å². The summed E-state index contributed by atoms with van der Waals surface area (Å²) in [5, 5.41) is 24.7. The molecule has 9 nitrogen and oxygen atoms in total. The summed E-state index contributed by atoms with van der Waals surface area (Å²) >= 11 is 0. The number of carbonyl (C=O) groups excluding carboxylic acids is 3. The number of aryl methyl sites for hydroxylation is 2. The van der Waals surface area contributed by atoms with E-state index in [0.717, 1.165) is 21.6 Å². The van der Waals surface area contributed by atoms with Gasteiger partial charge in [-0.3, -0.25) is 9.59 Å². The van der Waals surface area contributed by atoms with Crippen molar-refractivity contribution in [2.75, 3.05) is 18.5 Å². The van der Waals surface area contributed by atoms with Gasteiger partial charge in [0, 0.05) is 5.69 Å². The van der Waals surface area contributed by atoms with Crippen molar-refractivity contribution in [3.63, 3.8) is 0 Å². The topological polar surface area (TPSA) is 132 Å². The van der Waals surface area contributed by atoms with E-state index in [-0.39, 0.29) is 0 Å². The van der Waals surface area contributed by atoms with Crippen LogP contribution in [0.5, 0.6) is 0 Å². The van der Waals surface area contributed by atoms with Crippen molar-refractivity contribution in [1.29, 1.82) is 5.26 Å². The van der Waals surface area contributed by atoms with Crippen molar-refractivity contribution in [2.24, 2.45) is 0 Å². The second-order valence-corrected chi connectivity index (χ2v) is 9.50. The molecule has 0 aliphatic rings. The maximum absolute atomic E-state index is 13.7. The molecule has 0 bridgehead atoms. The fraction of sp³-hybridized carbons (Fsp3) is 0.407. The zero-order valence-electron chi connectivity index (χ0n) is 21.6. The van der Waals surface area contributed by atoms with Crippen molar-refractivity contribution in [2.45, 2.75) is 59.2 Å². The second-order valence-electron chi connectivity index (χ2n) is 9.50. The molecule has 3 amide bonds. The number of benzene rings is 2. The van der Waals surface area contributed by atoms with Gasteiger partial charge in [-0.2, -0.15) is 5.26 Å². The van der Waals surface area contributed by atoms with Gasteiger partial charge in [-0.1, -0.05) is 36.4 Å². The van der Waals surface area contributed by atoms with Gasteiger partial charge in [0.2, 0.25) is 5.91 Å². The summed E-state index contributed by atoms with van der Waals surface area (Å²) in [6, 6.07) is 11.9. The molecule has 2 rings (SSSR count). The lowest BCUT2D eigenvalue weighted by Crippen LogP contribution is -2.54. The van der Waals surface area contributed by atoms with Crippen LogP contribution in [0.4, 0.5) is 10.5 Å². The van der Waals surface area contributed by atoms with Crippen LogP contribution in [0, 0.1) is 32.1 Å². The molecule has 9 heteroatoms. The monoisotopic (exact) mass is 494 g/mol. The van der Waals surface area contributed by atoms with Gasteiger partial charge in [-0.15, -0.1) is 0 Å². The normalized spacial score (nSPS) is 12.6. The van der Waals surface area contributed by atoms with Crippen molar-refractivity contribution in [3.05, 3.63) is 64.7 Å². The molecule has 3 N–H and O–H groups in total. The predicted molar refractivity (Wildman–Crippen MR) is 136 cm³/mol. The number of aliphatic hydroxyl groups is 1. The number of rotatable bonds is 8. The Balaban J connectivity index is 2.52. The van der Waals surface area contributed by atoms with E-state index in [0.29, 0.717) is 11.3 Å². The number of anilines is 1. The third-order valence-corrected chi connectivity index (χ3v) is 5.60. The molecular formula is C27H34N4O5. The average Bonchev–Trinajstić information content (AvgIpc) is 2.79. The summed E-state index contributed by atoms with van der Waals surface area (Å²) < 4.78 is 5.20. The molecule has 2 aromatic rings. The van der Waals surface area contributed by atoms with E-state index in [4.69, 9.17) is 4.74 Å². The first-order valence-corrected chi connectivity index (χ1v) is 11.6. The zero-order valence-corrected chi connectivity index (χ0v) is 21.6. The lowest BCUT2D eigenvalue weighted by Gasteiger charge is -2.33. The number of hydrogen-bond donors (Lipinski definition) is 3. The van der Waals surface area contributed by atoms with Gasteiger partial charge in [-0.25, -0.2) is 4.79 Å². The highest BCUT2D eigenvalue weighted by Gasteiger charge is 2.37. The Kier molecular flexibility index (Phi) is 9.59. The molecule has 0 fully saturated rings. The van der Waals surface area contributed by atoms with E-state index >= 15 is 0 Å². The molecule has 2 atom stereocenters. The van der Waals surface area contributed by atoms with Crippen LogP contribution in [-0.4, -0.2) is 52.7 Å². The van der Waals surface area contributed by atoms with Crippen LogP contribution in [0.3, 0.4) is 0 Å². The number of nitrogens with one attached hydrogen (secondary N) is 2. The van der Waals surface area contributed by atoms with Crippen molar-refractivity contribution in [3.8, 4) is 6.07 Å². The molecule has 0 heterocycles. The molecule has 36 heavy (non-hydrogen) atoms. The fourth-order valence-corrected chi connectivity index (χ4v) is 3.64. The van der Waals surface area contributed by atoms with E-state index in [1.807, 2.05) is 45.0 Å². The molecule has 2 aromatic carbocycles. The van der Waals surface area contributed by atoms with Crippen LogP contribution in [0.25, 0.3) is 0 Å². The third-order valence-electron chi connectivity index (χ3n) is 5.60. The number of nitrogens with zero attached hydrogens (tertiary/aromatic N) is 2. The molecule has 0 aliphatic heterocycles. The molecule has 0 aliphatic carbocycles. The Hall–Kier alpha value is -3.90. The van der Waals surface area contributed by atoms with E-state index in [1.54, 1.807) is 45.0 Å². The average molecular weight is 495 g/mol. The Labute approximate surface area is 212 Å². The number of alkyl carbamates (subject to hydrolysis) is 1. The summed E-state index contributed by atoms with van der Waals surface area (Å²) in [6.45, 7) is 9.34. The van der Waals surface area contributed by atoms with Gasteiger partial charge in [0.1, 0.15) is 24.2 Å². The van der Waals surface area contributed by atoms with Gasteiger partial charge in [0.25, 0.3) is 5.91 Å². The van der Waals surface area contributed by atoms with Gasteiger partial charge in [-0.05, 0) is 69.9 Å². The van der Waals surface area contributed by atoms with Gasteiger partial charge >= 0.3 is 6.09 Å². The number of nitriles is 1. The van der Waals surface area contributed by atoms with E-state index < -0.39 is 48.7 Å². The van der Waals surface area contributed by atoms with Crippen LogP contribution in [-0.2, 0) is 14.3 Å². The summed E-state index contributed by atoms with van der Waals surface area (Å²) in [4.78, 5) is 40.6.